The van der Waals surface area contributed by atoms with Crippen LogP contribution in [0.15, 0.2) is 0 Å². The summed E-state index contributed by atoms with van der Waals surface area (Å²) in [6.45, 7) is 2.89. The van der Waals surface area contributed by atoms with E-state index < -0.39 is 0 Å². The first-order chi connectivity index (χ1) is 6.76. The molecule has 0 N–H and O–H groups in total. The average molecular weight is 196 g/mol. The first-order valence-corrected chi connectivity index (χ1v) is 5.92. The van der Waals surface area contributed by atoms with Crippen molar-refractivity contribution in [2.45, 2.75) is 57.5 Å². The van der Waals surface area contributed by atoms with Crippen molar-refractivity contribution < 1.29 is 9.53 Å². The summed E-state index contributed by atoms with van der Waals surface area (Å²) >= 11 is 0. The fourth-order valence-electron chi connectivity index (χ4n) is 2.67. The van der Waals surface area contributed by atoms with Crippen LogP contribution in [0.2, 0.25) is 0 Å². The van der Waals surface area contributed by atoms with Crippen LogP contribution >= 0.6 is 0 Å². The van der Waals surface area contributed by atoms with E-state index in [1.54, 1.807) is 0 Å². The lowest BCUT2D eigenvalue weighted by molar-refractivity contribution is -0.155. The number of Topliss-reactive ketones (excluding diaryl/α,β-unsaturated/α-hetero) is 1. The van der Waals surface area contributed by atoms with Crippen LogP contribution < -0.4 is 0 Å². The van der Waals surface area contributed by atoms with E-state index in [4.69, 9.17) is 4.74 Å². The lowest BCUT2D eigenvalue weighted by atomic mass is 9.71. The highest BCUT2D eigenvalue weighted by molar-refractivity contribution is 5.81. The Bertz CT molecular complexity index is 218. The fourth-order valence-corrected chi connectivity index (χ4v) is 2.67. The summed E-state index contributed by atoms with van der Waals surface area (Å²) in [6.07, 6.45) is 7.37. The molecule has 80 valence electrons. The molecule has 0 aromatic carbocycles. The van der Waals surface area contributed by atoms with Crippen molar-refractivity contribution in [3.8, 4) is 0 Å². The standard InChI is InChI=1S/C12H20O2/c1-2-4-11(13)10-5-8-14-12(9-10)6-3-7-12/h10H,2-9H2,1H3. The van der Waals surface area contributed by atoms with Crippen molar-refractivity contribution >= 4 is 5.78 Å². The molecule has 1 atom stereocenters. The van der Waals surface area contributed by atoms with Crippen LogP contribution in [0.1, 0.15) is 51.9 Å². The predicted molar refractivity (Wildman–Crippen MR) is 55.2 cm³/mol. The first-order valence-electron chi connectivity index (χ1n) is 5.92. The number of carbonyl (C=O) groups is 1. The minimum absolute atomic E-state index is 0.131. The third-order valence-electron chi connectivity index (χ3n) is 3.71. The summed E-state index contributed by atoms with van der Waals surface area (Å²) in [7, 11) is 0. The van der Waals surface area contributed by atoms with Crippen LogP contribution in [-0.2, 0) is 9.53 Å². The second kappa shape index (κ2) is 4.01. The van der Waals surface area contributed by atoms with Crippen molar-refractivity contribution in [3.05, 3.63) is 0 Å². The van der Waals surface area contributed by atoms with E-state index in [2.05, 4.69) is 6.92 Å². The molecule has 1 saturated heterocycles. The number of hydrogen-bond acceptors (Lipinski definition) is 2. The summed E-state index contributed by atoms with van der Waals surface area (Å²) in [6, 6.07) is 0. The molecule has 0 aromatic heterocycles. The van der Waals surface area contributed by atoms with Gasteiger partial charge in [0, 0.05) is 18.9 Å². The molecule has 0 aromatic rings. The van der Waals surface area contributed by atoms with Gasteiger partial charge in [-0.25, -0.2) is 0 Å². The highest BCUT2D eigenvalue weighted by Crippen LogP contribution is 2.44. The number of hydrogen-bond donors (Lipinski definition) is 0. The molecule has 0 bridgehead atoms. The molecule has 2 aliphatic rings. The molecule has 1 heterocycles. The smallest absolute Gasteiger partial charge is 0.136 e. The topological polar surface area (TPSA) is 26.3 Å². The maximum absolute atomic E-state index is 11.8. The van der Waals surface area contributed by atoms with E-state index in [1.807, 2.05) is 0 Å². The molecule has 0 radical (unpaired) electrons. The van der Waals surface area contributed by atoms with Crippen LogP contribution in [0, 0.1) is 5.92 Å². The Balaban J connectivity index is 1.90. The van der Waals surface area contributed by atoms with Crippen molar-refractivity contribution in [1.29, 1.82) is 0 Å². The van der Waals surface area contributed by atoms with Gasteiger partial charge in [0.05, 0.1) is 5.60 Å². The molecule has 1 aliphatic heterocycles. The largest absolute Gasteiger partial charge is 0.375 e. The molecule has 0 amide bonds. The van der Waals surface area contributed by atoms with Gasteiger partial charge in [0.25, 0.3) is 0 Å². The Morgan fingerprint density at radius 1 is 1.50 bits per heavy atom. The Morgan fingerprint density at radius 3 is 2.86 bits per heavy atom. The number of rotatable bonds is 3. The Morgan fingerprint density at radius 2 is 2.29 bits per heavy atom. The Kier molecular flexibility index (Phi) is 2.91. The van der Waals surface area contributed by atoms with Gasteiger partial charge in [-0.1, -0.05) is 6.92 Å². The van der Waals surface area contributed by atoms with Crippen molar-refractivity contribution in [2.24, 2.45) is 5.92 Å². The van der Waals surface area contributed by atoms with Gasteiger partial charge in [0.15, 0.2) is 0 Å². The molecule has 14 heavy (non-hydrogen) atoms. The molecular formula is C12H20O2. The van der Waals surface area contributed by atoms with Gasteiger partial charge in [0.2, 0.25) is 0 Å². The molecule has 1 aliphatic carbocycles. The fraction of sp³-hybridized carbons (Fsp3) is 0.917. The molecule has 2 heteroatoms. The molecule has 2 nitrogen and oxygen atoms in total. The van der Waals surface area contributed by atoms with E-state index in [1.165, 1.54) is 19.3 Å². The van der Waals surface area contributed by atoms with E-state index in [0.717, 1.165) is 32.3 Å². The number of carbonyl (C=O) groups excluding carboxylic acids is 1. The summed E-state index contributed by atoms with van der Waals surface area (Å²) in [5.41, 5.74) is 0.131. The van der Waals surface area contributed by atoms with Crippen LogP contribution in [0.4, 0.5) is 0 Å². The third-order valence-corrected chi connectivity index (χ3v) is 3.71. The predicted octanol–water partition coefficient (Wildman–Crippen LogP) is 2.70. The molecule has 2 fully saturated rings. The second-order valence-electron chi connectivity index (χ2n) is 4.79. The SMILES string of the molecule is CCCC(=O)C1CCOC2(CCC2)C1. The van der Waals surface area contributed by atoms with Crippen molar-refractivity contribution in [3.63, 3.8) is 0 Å². The minimum Gasteiger partial charge on any atom is -0.375 e. The number of ketones is 1. The molecule has 1 saturated carbocycles. The van der Waals surface area contributed by atoms with E-state index in [9.17, 15) is 4.79 Å². The van der Waals surface area contributed by atoms with Gasteiger partial charge < -0.3 is 4.74 Å². The maximum Gasteiger partial charge on any atom is 0.136 e. The lowest BCUT2D eigenvalue weighted by Crippen LogP contribution is -2.47. The Hall–Kier alpha value is -0.370. The zero-order valence-corrected chi connectivity index (χ0v) is 9.05. The van der Waals surface area contributed by atoms with E-state index in [0.29, 0.717) is 11.7 Å². The van der Waals surface area contributed by atoms with Crippen molar-refractivity contribution in [2.75, 3.05) is 6.61 Å². The summed E-state index contributed by atoms with van der Waals surface area (Å²) in [5, 5.41) is 0. The van der Waals surface area contributed by atoms with Gasteiger partial charge in [-0.05, 0) is 38.5 Å². The highest BCUT2D eigenvalue weighted by atomic mass is 16.5. The van der Waals surface area contributed by atoms with Gasteiger partial charge in [-0.2, -0.15) is 0 Å². The summed E-state index contributed by atoms with van der Waals surface area (Å²) < 4.78 is 5.81. The average Bonchev–Trinajstić information content (AvgIpc) is 2.16. The van der Waals surface area contributed by atoms with Crippen molar-refractivity contribution in [1.82, 2.24) is 0 Å². The Labute approximate surface area is 86.0 Å². The van der Waals surface area contributed by atoms with Gasteiger partial charge in [-0.15, -0.1) is 0 Å². The van der Waals surface area contributed by atoms with Gasteiger partial charge >= 0.3 is 0 Å². The quantitative estimate of drug-likeness (QED) is 0.693. The zero-order valence-electron chi connectivity index (χ0n) is 9.05. The van der Waals surface area contributed by atoms with Crippen LogP contribution in [-0.4, -0.2) is 18.0 Å². The normalized spacial score (nSPS) is 29.9. The van der Waals surface area contributed by atoms with Crippen LogP contribution in [0.25, 0.3) is 0 Å². The second-order valence-corrected chi connectivity index (χ2v) is 4.79. The number of ether oxygens (including phenoxy) is 1. The molecule has 2 rings (SSSR count). The van der Waals surface area contributed by atoms with Gasteiger partial charge in [0.1, 0.15) is 5.78 Å². The third kappa shape index (κ3) is 1.85. The molecule has 1 unspecified atom stereocenters. The van der Waals surface area contributed by atoms with Crippen LogP contribution in [0.3, 0.4) is 0 Å². The molecule has 1 spiro atoms. The monoisotopic (exact) mass is 196 g/mol. The summed E-state index contributed by atoms with van der Waals surface area (Å²) in [5.74, 6) is 0.783. The minimum atomic E-state index is 0.131. The lowest BCUT2D eigenvalue weighted by Gasteiger charge is -2.46. The van der Waals surface area contributed by atoms with E-state index in [-0.39, 0.29) is 5.60 Å². The van der Waals surface area contributed by atoms with Gasteiger partial charge in [-0.3, -0.25) is 4.79 Å². The molecular weight excluding hydrogens is 176 g/mol. The van der Waals surface area contributed by atoms with E-state index >= 15 is 0 Å². The van der Waals surface area contributed by atoms with Crippen LogP contribution in [0.5, 0.6) is 0 Å². The summed E-state index contributed by atoms with van der Waals surface area (Å²) in [4.78, 5) is 11.8. The maximum atomic E-state index is 11.8. The first kappa shape index (κ1) is 10.2. The highest BCUT2D eigenvalue weighted by Gasteiger charge is 2.43. The zero-order chi connectivity index (χ0) is 10.0.